The van der Waals surface area contributed by atoms with Gasteiger partial charge in [0.15, 0.2) is 0 Å². The maximum Gasteiger partial charge on any atom is 0.227 e. The van der Waals surface area contributed by atoms with Gasteiger partial charge >= 0.3 is 0 Å². The highest BCUT2D eigenvalue weighted by molar-refractivity contribution is 5.90. The predicted molar refractivity (Wildman–Crippen MR) is 137 cm³/mol. The summed E-state index contributed by atoms with van der Waals surface area (Å²) in [7, 11) is 0. The molecule has 1 aliphatic rings. The maximum absolute atomic E-state index is 12.7. The lowest BCUT2D eigenvalue weighted by molar-refractivity contribution is -0.130. The fourth-order valence-corrected chi connectivity index (χ4v) is 4.34. The molecule has 0 aromatic heterocycles. The topological polar surface area (TPSA) is 52.7 Å². The quantitative estimate of drug-likeness (QED) is 0.456. The van der Waals surface area contributed by atoms with Crippen molar-refractivity contribution in [2.24, 2.45) is 0 Å². The molecule has 3 rings (SSSR count). The normalized spacial score (nSPS) is 13.8. The summed E-state index contributed by atoms with van der Waals surface area (Å²) in [5.41, 5.74) is 4.26. The third-order valence-corrected chi connectivity index (χ3v) is 6.51. The highest BCUT2D eigenvalue weighted by Gasteiger charge is 2.21. The van der Waals surface area contributed by atoms with Crippen LogP contribution in [0.1, 0.15) is 63.0 Å². The van der Waals surface area contributed by atoms with E-state index in [0.717, 1.165) is 56.0 Å². The van der Waals surface area contributed by atoms with Crippen molar-refractivity contribution >= 4 is 23.2 Å². The predicted octanol–water partition coefficient (Wildman–Crippen LogP) is 5.58. The summed E-state index contributed by atoms with van der Waals surface area (Å²) in [6.45, 7) is 7.39. The lowest BCUT2D eigenvalue weighted by atomic mass is 10.1. The van der Waals surface area contributed by atoms with Gasteiger partial charge in [-0.05, 0) is 48.7 Å². The largest absolute Gasteiger partial charge is 0.368 e. The monoisotopic (exact) mass is 449 g/mol. The number of unbranched alkanes of at least 4 members (excludes halogenated alkanes) is 5. The first-order valence-electron chi connectivity index (χ1n) is 12.5. The summed E-state index contributed by atoms with van der Waals surface area (Å²) in [4.78, 5) is 29.2. The Morgan fingerprint density at radius 1 is 0.848 bits per heavy atom. The van der Waals surface area contributed by atoms with Crippen molar-refractivity contribution in [3.63, 3.8) is 0 Å². The second-order valence-electron chi connectivity index (χ2n) is 9.08. The number of hydrogen-bond acceptors (Lipinski definition) is 3. The smallest absolute Gasteiger partial charge is 0.227 e. The van der Waals surface area contributed by atoms with Gasteiger partial charge in [0.25, 0.3) is 0 Å². The molecule has 0 bridgehead atoms. The van der Waals surface area contributed by atoms with Gasteiger partial charge in [0.2, 0.25) is 11.8 Å². The third kappa shape index (κ3) is 7.92. The van der Waals surface area contributed by atoms with Gasteiger partial charge in [-0.15, -0.1) is 0 Å². The van der Waals surface area contributed by atoms with Gasteiger partial charge in [0.05, 0.1) is 6.42 Å². The van der Waals surface area contributed by atoms with Crippen LogP contribution in [0, 0.1) is 6.92 Å². The highest BCUT2D eigenvalue weighted by atomic mass is 16.2. The Morgan fingerprint density at radius 2 is 1.52 bits per heavy atom. The van der Waals surface area contributed by atoms with E-state index in [1.807, 2.05) is 35.2 Å². The summed E-state index contributed by atoms with van der Waals surface area (Å²) in [5, 5.41) is 3.01. The molecule has 2 aromatic carbocycles. The molecular formula is C28H39N3O2. The van der Waals surface area contributed by atoms with E-state index in [1.165, 1.54) is 31.2 Å². The van der Waals surface area contributed by atoms with Gasteiger partial charge in [-0.2, -0.15) is 0 Å². The van der Waals surface area contributed by atoms with E-state index >= 15 is 0 Å². The van der Waals surface area contributed by atoms with Crippen LogP contribution in [0.5, 0.6) is 0 Å². The molecule has 5 heteroatoms. The summed E-state index contributed by atoms with van der Waals surface area (Å²) in [6.07, 6.45) is 8.18. The average Bonchev–Trinajstić information content (AvgIpc) is 2.83. The highest BCUT2D eigenvalue weighted by Crippen LogP contribution is 2.20. The van der Waals surface area contributed by atoms with Crippen LogP contribution in [-0.2, 0) is 16.0 Å². The molecule has 1 heterocycles. The van der Waals surface area contributed by atoms with Crippen molar-refractivity contribution in [1.29, 1.82) is 0 Å². The number of rotatable bonds is 11. The third-order valence-electron chi connectivity index (χ3n) is 6.51. The molecule has 0 atom stereocenters. The number of benzene rings is 2. The second-order valence-corrected chi connectivity index (χ2v) is 9.08. The molecule has 0 aliphatic carbocycles. The van der Waals surface area contributed by atoms with Crippen LogP contribution in [-0.4, -0.2) is 42.9 Å². The van der Waals surface area contributed by atoms with Gasteiger partial charge < -0.3 is 15.1 Å². The Hall–Kier alpha value is -2.82. The summed E-state index contributed by atoms with van der Waals surface area (Å²) in [6, 6.07) is 16.2. The number of carbonyl (C=O) groups is 2. The van der Waals surface area contributed by atoms with E-state index in [0.29, 0.717) is 12.8 Å². The van der Waals surface area contributed by atoms with Crippen molar-refractivity contribution in [2.45, 2.75) is 65.2 Å². The van der Waals surface area contributed by atoms with Crippen molar-refractivity contribution in [3.05, 3.63) is 59.7 Å². The number of hydrogen-bond donors (Lipinski definition) is 1. The Balaban J connectivity index is 1.39. The lowest BCUT2D eigenvalue weighted by Gasteiger charge is -2.36. The van der Waals surface area contributed by atoms with Crippen molar-refractivity contribution < 1.29 is 9.59 Å². The fraction of sp³-hybridized carbons (Fsp3) is 0.500. The minimum Gasteiger partial charge on any atom is -0.368 e. The SMILES string of the molecule is CCCCCCCCC(=O)Nc1ccc(N2CCN(C(=O)Cc3ccccc3C)CC2)cc1. The minimum atomic E-state index is 0.0963. The molecule has 178 valence electrons. The van der Waals surface area contributed by atoms with E-state index in [-0.39, 0.29) is 11.8 Å². The summed E-state index contributed by atoms with van der Waals surface area (Å²) in [5.74, 6) is 0.298. The van der Waals surface area contributed by atoms with Crippen LogP contribution < -0.4 is 10.2 Å². The van der Waals surface area contributed by atoms with Gasteiger partial charge in [-0.1, -0.05) is 63.3 Å². The van der Waals surface area contributed by atoms with E-state index < -0.39 is 0 Å². The van der Waals surface area contributed by atoms with Crippen molar-refractivity contribution in [3.8, 4) is 0 Å². The van der Waals surface area contributed by atoms with E-state index in [9.17, 15) is 9.59 Å². The molecule has 1 fully saturated rings. The van der Waals surface area contributed by atoms with Crippen LogP contribution in [0.4, 0.5) is 11.4 Å². The van der Waals surface area contributed by atoms with E-state index in [2.05, 4.69) is 42.3 Å². The van der Waals surface area contributed by atoms with Gasteiger partial charge in [-0.3, -0.25) is 9.59 Å². The first kappa shape index (κ1) is 24.8. The number of carbonyl (C=O) groups excluding carboxylic acids is 2. The molecule has 2 aromatic rings. The molecule has 1 saturated heterocycles. The summed E-state index contributed by atoms with van der Waals surface area (Å²) < 4.78 is 0. The molecule has 0 radical (unpaired) electrons. The average molecular weight is 450 g/mol. The Labute approximate surface area is 199 Å². The number of amides is 2. The molecule has 0 saturated carbocycles. The molecular weight excluding hydrogens is 410 g/mol. The van der Waals surface area contributed by atoms with Crippen LogP contribution in [0.2, 0.25) is 0 Å². The molecule has 33 heavy (non-hydrogen) atoms. The number of aryl methyl sites for hydroxylation is 1. The molecule has 0 unspecified atom stereocenters. The zero-order valence-electron chi connectivity index (χ0n) is 20.3. The molecule has 1 N–H and O–H groups in total. The molecule has 2 amide bonds. The second kappa shape index (κ2) is 13.0. The van der Waals surface area contributed by atoms with E-state index in [4.69, 9.17) is 0 Å². The number of nitrogens with zero attached hydrogens (tertiary/aromatic N) is 2. The van der Waals surface area contributed by atoms with Crippen LogP contribution in [0.3, 0.4) is 0 Å². The van der Waals surface area contributed by atoms with Crippen LogP contribution in [0.25, 0.3) is 0 Å². The maximum atomic E-state index is 12.7. The zero-order valence-corrected chi connectivity index (χ0v) is 20.3. The van der Waals surface area contributed by atoms with Gasteiger partial charge in [0, 0.05) is 44.0 Å². The molecule has 1 aliphatic heterocycles. The van der Waals surface area contributed by atoms with Gasteiger partial charge in [0.1, 0.15) is 0 Å². The van der Waals surface area contributed by atoms with Crippen LogP contribution in [0.15, 0.2) is 48.5 Å². The minimum absolute atomic E-state index is 0.0963. The number of nitrogens with one attached hydrogen (secondary N) is 1. The Kier molecular flexibility index (Phi) is 9.79. The first-order chi connectivity index (χ1) is 16.1. The van der Waals surface area contributed by atoms with Gasteiger partial charge in [-0.25, -0.2) is 0 Å². The van der Waals surface area contributed by atoms with Crippen LogP contribution >= 0.6 is 0 Å². The standard InChI is InChI=1S/C28H39N3O2/c1-3-4-5-6-7-8-13-27(32)29-25-14-16-26(17-15-25)30-18-20-31(21-19-30)28(33)22-24-12-10-9-11-23(24)2/h9-12,14-17H,3-8,13,18-22H2,1-2H3,(H,29,32). The Bertz CT molecular complexity index is 886. The van der Waals surface area contributed by atoms with Crippen molar-refractivity contribution in [1.82, 2.24) is 4.90 Å². The first-order valence-corrected chi connectivity index (χ1v) is 12.5. The number of piperazine rings is 1. The molecule has 0 spiro atoms. The Morgan fingerprint density at radius 3 is 2.21 bits per heavy atom. The van der Waals surface area contributed by atoms with Crippen molar-refractivity contribution in [2.75, 3.05) is 36.4 Å². The fourth-order valence-electron chi connectivity index (χ4n) is 4.34. The zero-order chi connectivity index (χ0) is 23.5. The molecule has 5 nitrogen and oxygen atoms in total. The lowest BCUT2D eigenvalue weighted by Crippen LogP contribution is -2.49. The summed E-state index contributed by atoms with van der Waals surface area (Å²) >= 11 is 0. The van der Waals surface area contributed by atoms with E-state index in [1.54, 1.807) is 0 Å². The number of anilines is 2.